The van der Waals surface area contributed by atoms with Gasteiger partial charge in [0.25, 0.3) is 5.91 Å². The van der Waals surface area contributed by atoms with E-state index >= 15 is 0 Å². The SMILES string of the molecule is O=C(NCC1(N2CCOCC2)CCCCC1)c1ccc(N2CCCC2)c(Cl)c1. The van der Waals surface area contributed by atoms with Gasteiger partial charge in [-0.3, -0.25) is 9.69 Å². The van der Waals surface area contributed by atoms with E-state index in [2.05, 4.69) is 15.1 Å². The lowest BCUT2D eigenvalue weighted by Crippen LogP contribution is -2.59. The van der Waals surface area contributed by atoms with Gasteiger partial charge in [-0.15, -0.1) is 0 Å². The van der Waals surface area contributed by atoms with Crippen LogP contribution >= 0.6 is 11.6 Å². The van der Waals surface area contributed by atoms with Gasteiger partial charge in [0.05, 0.1) is 23.9 Å². The molecular formula is C22H32ClN3O2. The Balaban J connectivity index is 1.42. The minimum Gasteiger partial charge on any atom is -0.379 e. The maximum atomic E-state index is 12.9. The van der Waals surface area contributed by atoms with E-state index in [4.69, 9.17) is 16.3 Å². The van der Waals surface area contributed by atoms with E-state index in [1.54, 1.807) is 0 Å². The molecule has 0 aromatic heterocycles. The molecule has 2 saturated heterocycles. The van der Waals surface area contributed by atoms with Gasteiger partial charge >= 0.3 is 0 Å². The zero-order chi connectivity index (χ0) is 19.4. The van der Waals surface area contributed by atoms with Crippen LogP contribution in [0.25, 0.3) is 0 Å². The summed E-state index contributed by atoms with van der Waals surface area (Å²) in [6, 6.07) is 5.74. The van der Waals surface area contributed by atoms with Gasteiger partial charge in [-0.1, -0.05) is 30.9 Å². The largest absolute Gasteiger partial charge is 0.379 e. The average molecular weight is 406 g/mol. The van der Waals surface area contributed by atoms with E-state index in [1.807, 2.05) is 18.2 Å². The number of anilines is 1. The van der Waals surface area contributed by atoms with Crippen molar-refractivity contribution in [3.05, 3.63) is 28.8 Å². The Bertz CT molecular complexity index is 678. The van der Waals surface area contributed by atoms with Crippen molar-refractivity contribution in [3.63, 3.8) is 0 Å². The number of morpholine rings is 1. The van der Waals surface area contributed by atoms with Crippen LogP contribution in [0.2, 0.25) is 5.02 Å². The summed E-state index contributed by atoms with van der Waals surface area (Å²) in [5.74, 6) is -0.0203. The first-order chi connectivity index (χ1) is 13.7. The Morgan fingerprint density at radius 1 is 1.04 bits per heavy atom. The summed E-state index contributed by atoms with van der Waals surface area (Å²) in [6.45, 7) is 6.32. The normalized spacial score (nSPS) is 23.0. The molecule has 1 aliphatic carbocycles. The molecule has 28 heavy (non-hydrogen) atoms. The fraction of sp³-hybridized carbons (Fsp3) is 0.682. The van der Waals surface area contributed by atoms with Crippen LogP contribution in [-0.4, -0.2) is 62.3 Å². The predicted octanol–water partition coefficient (Wildman–Crippen LogP) is 3.71. The number of carbonyl (C=O) groups excluding carboxylic acids is 1. The Morgan fingerprint density at radius 3 is 2.43 bits per heavy atom. The summed E-state index contributed by atoms with van der Waals surface area (Å²) < 4.78 is 5.55. The van der Waals surface area contributed by atoms with E-state index in [-0.39, 0.29) is 11.4 Å². The third kappa shape index (κ3) is 4.32. The highest BCUT2D eigenvalue weighted by molar-refractivity contribution is 6.33. The van der Waals surface area contributed by atoms with Crippen molar-refractivity contribution in [2.24, 2.45) is 0 Å². The molecule has 154 valence electrons. The van der Waals surface area contributed by atoms with E-state index in [0.29, 0.717) is 17.1 Å². The van der Waals surface area contributed by atoms with Crippen molar-refractivity contribution in [2.75, 3.05) is 50.8 Å². The number of hydrogen-bond acceptors (Lipinski definition) is 4. The third-order valence-corrected chi connectivity index (χ3v) is 7.00. The van der Waals surface area contributed by atoms with Crippen LogP contribution in [0.4, 0.5) is 5.69 Å². The van der Waals surface area contributed by atoms with Gasteiger partial charge in [0, 0.05) is 43.8 Å². The van der Waals surface area contributed by atoms with Crippen LogP contribution in [0.3, 0.4) is 0 Å². The molecule has 1 saturated carbocycles. The van der Waals surface area contributed by atoms with Gasteiger partial charge in [-0.2, -0.15) is 0 Å². The second kappa shape index (κ2) is 9.02. The van der Waals surface area contributed by atoms with Crippen molar-refractivity contribution in [1.82, 2.24) is 10.2 Å². The van der Waals surface area contributed by atoms with Crippen LogP contribution in [0.1, 0.15) is 55.3 Å². The Morgan fingerprint density at radius 2 is 1.75 bits per heavy atom. The summed E-state index contributed by atoms with van der Waals surface area (Å²) in [6.07, 6.45) is 8.51. The third-order valence-electron chi connectivity index (χ3n) is 6.70. The second-order valence-electron chi connectivity index (χ2n) is 8.43. The van der Waals surface area contributed by atoms with Crippen LogP contribution in [0.5, 0.6) is 0 Å². The Kier molecular flexibility index (Phi) is 6.44. The zero-order valence-electron chi connectivity index (χ0n) is 16.7. The molecule has 2 aliphatic heterocycles. The summed E-state index contributed by atoms with van der Waals surface area (Å²) >= 11 is 6.51. The Hall–Kier alpha value is -1.30. The van der Waals surface area contributed by atoms with Gasteiger partial charge in [0.2, 0.25) is 0 Å². The molecule has 3 aliphatic rings. The van der Waals surface area contributed by atoms with Crippen molar-refractivity contribution < 1.29 is 9.53 Å². The number of nitrogens with zero attached hydrogens (tertiary/aromatic N) is 2. The summed E-state index contributed by atoms with van der Waals surface area (Å²) in [5.41, 5.74) is 1.78. The van der Waals surface area contributed by atoms with Crippen LogP contribution in [-0.2, 0) is 4.74 Å². The highest BCUT2D eigenvalue weighted by Gasteiger charge is 2.38. The van der Waals surface area contributed by atoms with E-state index < -0.39 is 0 Å². The number of halogens is 1. The number of ether oxygens (including phenoxy) is 1. The first-order valence-corrected chi connectivity index (χ1v) is 11.2. The molecule has 5 nitrogen and oxygen atoms in total. The standard InChI is InChI=1S/C22H32ClN3O2/c23-19-16-18(6-7-20(19)25-10-4-5-11-25)21(27)24-17-22(8-2-1-3-9-22)26-12-14-28-15-13-26/h6-7,16H,1-5,8-15,17H2,(H,24,27). The topological polar surface area (TPSA) is 44.8 Å². The van der Waals surface area contributed by atoms with Crippen molar-refractivity contribution in [3.8, 4) is 0 Å². The second-order valence-corrected chi connectivity index (χ2v) is 8.83. The lowest BCUT2D eigenvalue weighted by atomic mass is 9.79. The molecule has 3 fully saturated rings. The molecule has 1 N–H and O–H groups in total. The fourth-order valence-electron chi connectivity index (χ4n) is 5.06. The number of rotatable bonds is 5. The minimum absolute atomic E-state index is 0.0203. The molecule has 4 rings (SSSR count). The number of carbonyl (C=O) groups is 1. The fourth-order valence-corrected chi connectivity index (χ4v) is 5.36. The number of benzene rings is 1. The molecule has 2 heterocycles. The van der Waals surface area contributed by atoms with Gasteiger partial charge in [-0.05, 0) is 43.9 Å². The molecule has 1 amide bonds. The zero-order valence-corrected chi connectivity index (χ0v) is 17.5. The molecular weight excluding hydrogens is 374 g/mol. The van der Waals surface area contributed by atoms with Crippen LogP contribution < -0.4 is 10.2 Å². The molecule has 1 aromatic rings. The average Bonchev–Trinajstić information content (AvgIpc) is 3.28. The van der Waals surface area contributed by atoms with Crippen molar-refractivity contribution >= 4 is 23.2 Å². The quantitative estimate of drug-likeness (QED) is 0.811. The molecule has 0 spiro atoms. The first kappa shape index (κ1) is 20.0. The summed E-state index contributed by atoms with van der Waals surface area (Å²) in [7, 11) is 0. The predicted molar refractivity (Wildman–Crippen MR) is 113 cm³/mol. The smallest absolute Gasteiger partial charge is 0.251 e. The van der Waals surface area contributed by atoms with Gasteiger partial charge in [0.15, 0.2) is 0 Å². The summed E-state index contributed by atoms with van der Waals surface area (Å²) in [5, 5.41) is 3.91. The van der Waals surface area contributed by atoms with Gasteiger partial charge < -0.3 is 15.0 Å². The number of hydrogen-bond donors (Lipinski definition) is 1. The molecule has 0 radical (unpaired) electrons. The highest BCUT2D eigenvalue weighted by atomic mass is 35.5. The first-order valence-electron chi connectivity index (χ1n) is 10.8. The lowest BCUT2D eigenvalue weighted by Gasteiger charge is -2.48. The number of amides is 1. The molecule has 0 atom stereocenters. The monoisotopic (exact) mass is 405 g/mol. The van der Waals surface area contributed by atoms with Crippen molar-refractivity contribution in [2.45, 2.75) is 50.5 Å². The molecule has 1 aromatic carbocycles. The van der Waals surface area contributed by atoms with E-state index in [9.17, 15) is 4.79 Å². The molecule has 0 bridgehead atoms. The van der Waals surface area contributed by atoms with Crippen LogP contribution in [0, 0.1) is 0 Å². The van der Waals surface area contributed by atoms with E-state index in [0.717, 1.165) is 57.9 Å². The van der Waals surface area contributed by atoms with E-state index in [1.165, 1.54) is 32.1 Å². The minimum atomic E-state index is -0.0203. The summed E-state index contributed by atoms with van der Waals surface area (Å²) in [4.78, 5) is 17.7. The highest BCUT2D eigenvalue weighted by Crippen LogP contribution is 2.34. The van der Waals surface area contributed by atoms with Crippen LogP contribution in [0.15, 0.2) is 18.2 Å². The Labute approximate surface area is 173 Å². The molecule has 0 unspecified atom stereocenters. The maximum Gasteiger partial charge on any atom is 0.251 e. The lowest BCUT2D eigenvalue weighted by molar-refractivity contribution is -0.0361. The number of nitrogens with one attached hydrogen (secondary N) is 1. The maximum absolute atomic E-state index is 12.9. The molecule has 6 heteroatoms. The van der Waals surface area contributed by atoms with Crippen molar-refractivity contribution in [1.29, 1.82) is 0 Å². The van der Waals surface area contributed by atoms with Gasteiger partial charge in [0.1, 0.15) is 0 Å². The van der Waals surface area contributed by atoms with Gasteiger partial charge in [-0.25, -0.2) is 0 Å².